The Bertz CT molecular complexity index is 422. The molecule has 78 valence electrons. The maximum Gasteiger partial charge on any atom is 0.154 e. The van der Waals surface area contributed by atoms with E-state index >= 15 is 0 Å². The van der Waals surface area contributed by atoms with E-state index in [2.05, 4.69) is 20.5 Å². The summed E-state index contributed by atoms with van der Waals surface area (Å²) in [7, 11) is 1.93. The average Bonchev–Trinajstić information content (AvgIpc) is 2.66. The van der Waals surface area contributed by atoms with Gasteiger partial charge in [-0.3, -0.25) is 4.98 Å². The van der Waals surface area contributed by atoms with E-state index in [0.717, 1.165) is 11.5 Å². The number of aryl methyl sites for hydroxylation is 1. The highest BCUT2D eigenvalue weighted by molar-refractivity contribution is 5.42. The zero-order chi connectivity index (χ0) is 10.7. The summed E-state index contributed by atoms with van der Waals surface area (Å²) in [6, 6.07) is 3.97. The molecule has 0 aliphatic heterocycles. The van der Waals surface area contributed by atoms with Crippen LogP contribution in [0.2, 0.25) is 0 Å². The van der Waals surface area contributed by atoms with E-state index < -0.39 is 0 Å². The molecule has 0 aliphatic carbocycles. The first-order chi connectivity index (χ1) is 7.27. The Morgan fingerprint density at radius 3 is 2.67 bits per heavy atom. The Morgan fingerprint density at radius 2 is 2.07 bits per heavy atom. The number of hydrogen-bond donors (Lipinski definition) is 1. The second-order valence-corrected chi connectivity index (χ2v) is 3.40. The van der Waals surface area contributed by atoms with Gasteiger partial charge >= 0.3 is 0 Å². The lowest BCUT2D eigenvalue weighted by Gasteiger charge is -2.13. The van der Waals surface area contributed by atoms with Crippen molar-refractivity contribution in [1.29, 1.82) is 0 Å². The maximum atomic E-state index is 4.05. The summed E-state index contributed by atoms with van der Waals surface area (Å²) in [5, 5.41) is 11.2. The molecule has 1 atom stereocenters. The predicted molar refractivity (Wildman–Crippen MR) is 57.3 cm³/mol. The van der Waals surface area contributed by atoms with E-state index in [0.29, 0.717) is 0 Å². The summed E-state index contributed by atoms with van der Waals surface area (Å²) in [5.41, 5.74) is 1.03. The number of anilines is 1. The number of nitrogens with zero attached hydrogens (tertiary/aromatic N) is 4. The van der Waals surface area contributed by atoms with E-state index in [1.807, 2.05) is 30.7 Å². The van der Waals surface area contributed by atoms with Gasteiger partial charge in [-0.15, -0.1) is 10.2 Å². The Kier molecular flexibility index (Phi) is 2.62. The second kappa shape index (κ2) is 4.08. The normalized spacial score (nSPS) is 12.4. The van der Waals surface area contributed by atoms with E-state index in [1.165, 1.54) is 0 Å². The van der Waals surface area contributed by atoms with Crippen LogP contribution in [0.1, 0.15) is 18.8 Å². The molecule has 0 fully saturated rings. The highest BCUT2D eigenvalue weighted by Gasteiger charge is 2.10. The van der Waals surface area contributed by atoms with Gasteiger partial charge in [-0.25, -0.2) is 0 Å². The summed E-state index contributed by atoms with van der Waals surface area (Å²) in [5.74, 6) is 0.909. The van der Waals surface area contributed by atoms with Crippen LogP contribution in [0, 0.1) is 0 Å². The van der Waals surface area contributed by atoms with Crippen molar-refractivity contribution in [3.63, 3.8) is 0 Å². The highest BCUT2D eigenvalue weighted by Crippen LogP contribution is 2.15. The summed E-state index contributed by atoms with van der Waals surface area (Å²) in [6.07, 6.45) is 5.21. The molecular formula is C10H13N5. The van der Waals surface area contributed by atoms with Crippen molar-refractivity contribution in [2.45, 2.75) is 13.0 Å². The van der Waals surface area contributed by atoms with Crippen molar-refractivity contribution in [3.8, 4) is 0 Å². The van der Waals surface area contributed by atoms with Gasteiger partial charge in [0.2, 0.25) is 0 Å². The van der Waals surface area contributed by atoms with Gasteiger partial charge in [0.25, 0.3) is 0 Å². The Labute approximate surface area is 88.2 Å². The van der Waals surface area contributed by atoms with Crippen molar-refractivity contribution >= 4 is 5.69 Å². The van der Waals surface area contributed by atoms with E-state index in [1.54, 1.807) is 18.7 Å². The highest BCUT2D eigenvalue weighted by atomic mass is 15.3. The minimum atomic E-state index is 0.125. The van der Waals surface area contributed by atoms with Crippen LogP contribution < -0.4 is 5.32 Å². The van der Waals surface area contributed by atoms with Gasteiger partial charge in [-0.2, -0.15) is 0 Å². The fraction of sp³-hybridized carbons (Fsp3) is 0.300. The lowest BCUT2D eigenvalue weighted by Crippen LogP contribution is -2.11. The lowest BCUT2D eigenvalue weighted by molar-refractivity contribution is 0.719. The quantitative estimate of drug-likeness (QED) is 0.818. The molecule has 0 spiro atoms. The van der Waals surface area contributed by atoms with E-state index in [9.17, 15) is 0 Å². The summed E-state index contributed by atoms with van der Waals surface area (Å²) < 4.78 is 1.90. The molecular weight excluding hydrogens is 190 g/mol. The number of aromatic nitrogens is 4. The molecule has 1 N–H and O–H groups in total. The molecule has 2 rings (SSSR count). The first-order valence-electron chi connectivity index (χ1n) is 4.78. The monoisotopic (exact) mass is 203 g/mol. The zero-order valence-corrected chi connectivity index (χ0v) is 8.75. The maximum absolute atomic E-state index is 4.05. The number of rotatable bonds is 3. The molecule has 0 saturated carbocycles. The molecule has 0 radical (unpaired) electrons. The Hall–Kier alpha value is -1.91. The lowest BCUT2D eigenvalue weighted by atomic mass is 10.3. The molecule has 0 saturated heterocycles. The molecule has 2 aromatic rings. The number of nitrogens with one attached hydrogen (secondary N) is 1. The van der Waals surface area contributed by atoms with Crippen LogP contribution in [-0.4, -0.2) is 19.7 Å². The smallest absolute Gasteiger partial charge is 0.154 e. The third-order valence-corrected chi connectivity index (χ3v) is 2.20. The van der Waals surface area contributed by atoms with Gasteiger partial charge in [0.15, 0.2) is 5.82 Å². The molecule has 1 unspecified atom stereocenters. The van der Waals surface area contributed by atoms with Crippen LogP contribution >= 0.6 is 0 Å². The average molecular weight is 203 g/mol. The van der Waals surface area contributed by atoms with Gasteiger partial charge in [0.1, 0.15) is 6.33 Å². The fourth-order valence-corrected chi connectivity index (χ4v) is 1.45. The minimum Gasteiger partial charge on any atom is -0.375 e. The third-order valence-electron chi connectivity index (χ3n) is 2.20. The summed E-state index contributed by atoms with van der Waals surface area (Å²) in [6.45, 7) is 2.05. The summed E-state index contributed by atoms with van der Waals surface area (Å²) in [4.78, 5) is 3.96. The number of pyridine rings is 1. The zero-order valence-electron chi connectivity index (χ0n) is 8.75. The second-order valence-electron chi connectivity index (χ2n) is 3.40. The van der Waals surface area contributed by atoms with Crippen molar-refractivity contribution < 1.29 is 0 Å². The van der Waals surface area contributed by atoms with Crippen molar-refractivity contribution in [2.24, 2.45) is 7.05 Å². The van der Waals surface area contributed by atoms with Crippen molar-refractivity contribution in [2.75, 3.05) is 5.32 Å². The van der Waals surface area contributed by atoms with Crippen molar-refractivity contribution in [3.05, 3.63) is 36.7 Å². The molecule has 0 amide bonds. The predicted octanol–water partition coefficient (Wildman–Crippen LogP) is 1.38. The van der Waals surface area contributed by atoms with Crippen LogP contribution in [-0.2, 0) is 7.05 Å². The Morgan fingerprint density at radius 1 is 1.33 bits per heavy atom. The minimum absolute atomic E-state index is 0.125. The topological polar surface area (TPSA) is 55.6 Å². The van der Waals surface area contributed by atoms with Crippen molar-refractivity contribution in [1.82, 2.24) is 19.7 Å². The van der Waals surface area contributed by atoms with Crippen LogP contribution in [0.5, 0.6) is 0 Å². The van der Waals surface area contributed by atoms with Gasteiger partial charge in [0.05, 0.1) is 6.04 Å². The molecule has 2 heterocycles. The van der Waals surface area contributed by atoms with Crippen LogP contribution in [0.15, 0.2) is 30.9 Å². The first kappa shape index (κ1) is 9.64. The molecule has 5 nitrogen and oxygen atoms in total. The molecule has 0 bridgehead atoms. The van der Waals surface area contributed by atoms with Gasteiger partial charge in [-0.1, -0.05) is 0 Å². The molecule has 5 heteroatoms. The molecule has 0 aliphatic rings. The van der Waals surface area contributed by atoms with E-state index in [4.69, 9.17) is 0 Å². The standard InChI is InChI=1S/C10H13N5/c1-8(10-14-12-7-15(10)2)13-9-3-5-11-6-4-9/h3-8H,1-2H3,(H,11,13). The Balaban J connectivity index is 2.11. The van der Waals surface area contributed by atoms with Crippen LogP contribution in [0.4, 0.5) is 5.69 Å². The third kappa shape index (κ3) is 2.12. The van der Waals surface area contributed by atoms with Gasteiger partial charge < -0.3 is 9.88 Å². The molecule has 2 aromatic heterocycles. The largest absolute Gasteiger partial charge is 0.375 e. The SMILES string of the molecule is CC(Nc1ccncc1)c1nncn1C. The molecule has 15 heavy (non-hydrogen) atoms. The van der Waals surface area contributed by atoms with Gasteiger partial charge in [-0.05, 0) is 19.1 Å². The van der Waals surface area contributed by atoms with E-state index in [-0.39, 0.29) is 6.04 Å². The summed E-state index contributed by atoms with van der Waals surface area (Å²) >= 11 is 0. The first-order valence-corrected chi connectivity index (χ1v) is 4.78. The van der Waals surface area contributed by atoms with Crippen LogP contribution in [0.3, 0.4) is 0 Å². The number of hydrogen-bond acceptors (Lipinski definition) is 4. The van der Waals surface area contributed by atoms with Crippen LogP contribution in [0.25, 0.3) is 0 Å². The van der Waals surface area contributed by atoms with Gasteiger partial charge in [0, 0.05) is 25.1 Å². The fourth-order valence-electron chi connectivity index (χ4n) is 1.45. The molecule has 0 aromatic carbocycles.